The minimum atomic E-state index is 0.125. The van der Waals surface area contributed by atoms with Gasteiger partial charge in [0, 0.05) is 10.8 Å². The zero-order chi connectivity index (χ0) is 8.48. The highest BCUT2D eigenvalue weighted by atomic mass is 32.1. The van der Waals surface area contributed by atoms with Crippen LogP contribution in [0.3, 0.4) is 0 Å². The molecule has 1 aromatic rings. The van der Waals surface area contributed by atoms with Crippen LogP contribution >= 0.6 is 11.3 Å². The van der Waals surface area contributed by atoms with Gasteiger partial charge in [-0.3, -0.25) is 0 Å². The summed E-state index contributed by atoms with van der Waals surface area (Å²) in [6.07, 6.45) is 0. The molecular weight excluding hydrogens is 158 g/mol. The van der Waals surface area contributed by atoms with Crippen molar-refractivity contribution in [3.63, 3.8) is 0 Å². The normalized spacial score (nSPS) is 11.6. The molecule has 1 rings (SSSR count). The van der Waals surface area contributed by atoms with Gasteiger partial charge in [-0.2, -0.15) is 0 Å². The zero-order valence-electron chi connectivity index (χ0n) is 7.01. The summed E-state index contributed by atoms with van der Waals surface area (Å²) in [5.74, 6) is 5.95. The molecular formula is C7H13N3S. The van der Waals surface area contributed by atoms with Crippen LogP contribution < -0.4 is 11.3 Å². The number of rotatable bonds is 1. The van der Waals surface area contributed by atoms with Crippen molar-refractivity contribution in [2.24, 2.45) is 5.84 Å². The van der Waals surface area contributed by atoms with E-state index in [1.54, 1.807) is 11.3 Å². The van der Waals surface area contributed by atoms with Gasteiger partial charge in [0.25, 0.3) is 0 Å². The minimum Gasteiger partial charge on any atom is -0.308 e. The Morgan fingerprint density at radius 1 is 1.55 bits per heavy atom. The number of nitrogens with two attached hydrogens (primary N) is 1. The lowest BCUT2D eigenvalue weighted by Gasteiger charge is -2.13. The lowest BCUT2D eigenvalue weighted by Crippen LogP contribution is -2.12. The van der Waals surface area contributed by atoms with Gasteiger partial charge in [-0.05, 0) is 0 Å². The van der Waals surface area contributed by atoms with Gasteiger partial charge in [-0.1, -0.05) is 20.8 Å². The van der Waals surface area contributed by atoms with Crippen LogP contribution in [0.2, 0.25) is 0 Å². The van der Waals surface area contributed by atoms with E-state index < -0.39 is 0 Å². The molecule has 0 aliphatic carbocycles. The molecule has 1 heterocycles. The molecule has 1 aromatic heterocycles. The number of anilines is 1. The third-order valence-electron chi connectivity index (χ3n) is 1.29. The van der Waals surface area contributed by atoms with E-state index in [4.69, 9.17) is 5.84 Å². The predicted molar refractivity (Wildman–Crippen MR) is 48.6 cm³/mol. The molecule has 0 bridgehead atoms. The fraction of sp³-hybridized carbons (Fsp3) is 0.571. The smallest absolute Gasteiger partial charge is 0.151 e. The molecule has 0 fully saturated rings. The van der Waals surface area contributed by atoms with Crippen LogP contribution in [0.4, 0.5) is 5.82 Å². The molecule has 3 nitrogen and oxygen atoms in total. The molecule has 62 valence electrons. The van der Waals surface area contributed by atoms with Crippen LogP contribution in [0.1, 0.15) is 25.8 Å². The van der Waals surface area contributed by atoms with E-state index in [2.05, 4.69) is 31.2 Å². The molecule has 0 unspecified atom stereocenters. The van der Waals surface area contributed by atoms with E-state index in [1.807, 2.05) is 5.38 Å². The quantitative estimate of drug-likeness (QED) is 0.499. The highest BCUT2D eigenvalue weighted by Crippen LogP contribution is 2.26. The fourth-order valence-corrected chi connectivity index (χ4v) is 1.53. The van der Waals surface area contributed by atoms with Crippen molar-refractivity contribution in [1.82, 2.24) is 4.98 Å². The highest BCUT2D eigenvalue weighted by Gasteiger charge is 2.17. The maximum absolute atomic E-state index is 5.20. The standard InChI is InChI=1S/C7H13N3S/c1-7(2,3)6-9-5(10-8)4-11-6/h4,10H,8H2,1-3H3. The molecule has 0 saturated carbocycles. The Bertz CT molecular complexity index is 236. The number of nitrogens with zero attached hydrogens (tertiary/aromatic N) is 1. The van der Waals surface area contributed by atoms with Gasteiger partial charge in [0.2, 0.25) is 0 Å². The van der Waals surface area contributed by atoms with Gasteiger partial charge in [0.1, 0.15) is 5.01 Å². The second-order valence-electron chi connectivity index (χ2n) is 3.43. The van der Waals surface area contributed by atoms with Crippen LogP contribution in [0.25, 0.3) is 0 Å². The number of nitrogens with one attached hydrogen (secondary N) is 1. The second kappa shape index (κ2) is 2.79. The summed E-state index contributed by atoms with van der Waals surface area (Å²) in [7, 11) is 0. The van der Waals surface area contributed by atoms with Crippen molar-refractivity contribution in [1.29, 1.82) is 0 Å². The number of aromatic nitrogens is 1. The van der Waals surface area contributed by atoms with E-state index in [-0.39, 0.29) is 5.41 Å². The van der Waals surface area contributed by atoms with E-state index in [9.17, 15) is 0 Å². The molecule has 11 heavy (non-hydrogen) atoms. The zero-order valence-corrected chi connectivity index (χ0v) is 7.83. The van der Waals surface area contributed by atoms with Crippen molar-refractivity contribution in [2.75, 3.05) is 5.43 Å². The molecule has 0 aliphatic heterocycles. The van der Waals surface area contributed by atoms with Gasteiger partial charge < -0.3 is 5.43 Å². The topological polar surface area (TPSA) is 50.9 Å². The van der Waals surface area contributed by atoms with Crippen molar-refractivity contribution < 1.29 is 0 Å². The Balaban J connectivity index is 2.89. The van der Waals surface area contributed by atoms with Gasteiger partial charge in [-0.25, -0.2) is 10.8 Å². The molecule has 0 radical (unpaired) electrons. The van der Waals surface area contributed by atoms with Gasteiger partial charge in [0.15, 0.2) is 5.82 Å². The number of thiazole rings is 1. The monoisotopic (exact) mass is 171 g/mol. The third kappa shape index (κ3) is 1.91. The number of nitrogen functional groups attached to an aromatic ring is 1. The van der Waals surface area contributed by atoms with Crippen LogP contribution in [0.15, 0.2) is 5.38 Å². The highest BCUT2D eigenvalue weighted by molar-refractivity contribution is 7.10. The first-order valence-corrected chi connectivity index (χ1v) is 4.34. The molecule has 4 heteroatoms. The summed E-state index contributed by atoms with van der Waals surface area (Å²) in [5, 5.41) is 3.02. The number of hydrazine groups is 1. The van der Waals surface area contributed by atoms with E-state index >= 15 is 0 Å². The second-order valence-corrected chi connectivity index (χ2v) is 4.29. The Kier molecular flexibility index (Phi) is 2.15. The molecule has 0 spiro atoms. The lowest BCUT2D eigenvalue weighted by atomic mass is 9.98. The number of hydrogen-bond donors (Lipinski definition) is 2. The van der Waals surface area contributed by atoms with E-state index in [1.165, 1.54) is 0 Å². The van der Waals surface area contributed by atoms with E-state index in [0.717, 1.165) is 10.8 Å². The van der Waals surface area contributed by atoms with E-state index in [0.29, 0.717) is 0 Å². The SMILES string of the molecule is CC(C)(C)c1nc(NN)cs1. The maximum atomic E-state index is 5.20. The Labute approximate surface area is 70.6 Å². The molecule has 0 saturated heterocycles. The predicted octanol–water partition coefficient (Wildman–Crippen LogP) is 1.73. The molecule has 3 N–H and O–H groups in total. The van der Waals surface area contributed by atoms with Crippen LogP contribution in [-0.4, -0.2) is 4.98 Å². The average molecular weight is 171 g/mol. The van der Waals surface area contributed by atoms with Gasteiger partial charge in [0.05, 0.1) is 0 Å². The van der Waals surface area contributed by atoms with Crippen molar-refractivity contribution in [3.05, 3.63) is 10.4 Å². The molecule has 0 aliphatic rings. The Morgan fingerprint density at radius 3 is 2.45 bits per heavy atom. The molecule has 0 atom stereocenters. The number of hydrogen-bond acceptors (Lipinski definition) is 4. The molecule has 0 aromatic carbocycles. The van der Waals surface area contributed by atoms with Crippen molar-refractivity contribution in [3.8, 4) is 0 Å². The first kappa shape index (κ1) is 8.49. The summed E-state index contributed by atoms with van der Waals surface area (Å²) in [6.45, 7) is 6.39. The molecule has 0 amide bonds. The summed E-state index contributed by atoms with van der Waals surface area (Å²) in [6, 6.07) is 0. The summed E-state index contributed by atoms with van der Waals surface area (Å²) >= 11 is 1.63. The van der Waals surface area contributed by atoms with Crippen LogP contribution in [0.5, 0.6) is 0 Å². The summed E-state index contributed by atoms with van der Waals surface area (Å²) in [5.41, 5.74) is 2.64. The van der Waals surface area contributed by atoms with Gasteiger partial charge >= 0.3 is 0 Å². The minimum absolute atomic E-state index is 0.125. The first-order valence-electron chi connectivity index (χ1n) is 3.46. The maximum Gasteiger partial charge on any atom is 0.151 e. The lowest BCUT2D eigenvalue weighted by molar-refractivity contribution is 0.586. The first-order chi connectivity index (χ1) is 5.04. The van der Waals surface area contributed by atoms with Crippen molar-refractivity contribution in [2.45, 2.75) is 26.2 Å². The summed E-state index contributed by atoms with van der Waals surface area (Å²) in [4.78, 5) is 4.28. The fourth-order valence-electron chi connectivity index (χ4n) is 0.685. The third-order valence-corrected chi connectivity index (χ3v) is 2.56. The van der Waals surface area contributed by atoms with Crippen LogP contribution in [0, 0.1) is 0 Å². The largest absolute Gasteiger partial charge is 0.308 e. The summed E-state index contributed by atoms with van der Waals surface area (Å²) < 4.78 is 0. The Morgan fingerprint density at radius 2 is 2.18 bits per heavy atom. The van der Waals surface area contributed by atoms with Crippen molar-refractivity contribution >= 4 is 17.2 Å². The van der Waals surface area contributed by atoms with Crippen LogP contribution in [-0.2, 0) is 5.41 Å². The average Bonchev–Trinajstić information content (AvgIpc) is 2.32. The Hall–Kier alpha value is -0.610. The van der Waals surface area contributed by atoms with Gasteiger partial charge in [-0.15, -0.1) is 11.3 Å².